The van der Waals surface area contributed by atoms with Crippen molar-refractivity contribution in [2.75, 3.05) is 60.3 Å². The monoisotopic (exact) mass is 343 g/mol. The molecule has 0 N–H and O–H groups in total. The summed E-state index contributed by atoms with van der Waals surface area (Å²) in [7, 11) is 3.37. The van der Waals surface area contributed by atoms with Crippen LogP contribution in [0.2, 0.25) is 0 Å². The highest BCUT2D eigenvalue weighted by Gasteiger charge is 2.15. The SMILES string of the molecule is COCCOCC(=O)N(C)Cc1csc(CN2CCOCC2)n1. The molecule has 0 unspecified atom stereocenters. The zero-order valence-corrected chi connectivity index (χ0v) is 14.6. The van der Waals surface area contributed by atoms with Crippen molar-refractivity contribution in [3.63, 3.8) is 0 Å². The van der Waals surface area contributed by atoms with E-state index < -0.39 is 0 Å². The first-order valence-corrected chi connectivity index (χ1v) is 8.61. The number of morpholine rings is 1. The number of methoxy groups -OCH3 is 1. The molecule has 1 aromatic heterocycles. The van der Waals surface area contributed by atoms with Crippen LogP contribution in [0.5, 0.6) is 0 Å². The largest absolute Gasteiger partial charge is 0.382 e. The number of aromatic nitrogens is 1. The highest BCUT2D eigenvalue weighted by Crippen LogP contribution is 2.14. The van der Waals surface area contributed by atoms with E-state index in [1.54, 1.807) is 30.4 Å². The molecule has 1 saturated heterocycles. The number of likely N-dealkylation sites (N-methyl/N-ethyl adjacent to an activating group) is 1. The summed E-state index contributed by atoms with van der Waals surface area (Å²) in [6.07, 6.45) is 0. The molecule has 1 aliphatic heterocycles. The molecule has 1 fully saturated rings. The van der Waals surface area contributed by atoms with E-state index in [4.69, 9.17) is 14.2 Å². The van der Waals surface area contributed by atoms with E-state index in [2.05, 4.69) is 9.88 Å². The first kappa shape index (κ1) is 18.3. The molecule has 0 aromatic carbocycles. The predicted molar refractivity (Wildman–Crippen MR) is 87.4 cm³/mol. The van der Waals surface area contributed by atoms with E-state index in [1.165, 1.54) is 0 Å². The summed E-state index contributed by atoms with van der Waals surface area (Å²) in [5.74, 6) is -0.0520. The van der Waals surface area contributed by atoms with Gasteiger partial charge in [0.05, 0.1) is 45.2 Å². The molecule has 2 rings (SSSR count). The van der Waals surface area contributed by atoms with Crippen LogP contribution in [0.25, 0.3) is 0 Å². The van der Waals surface area contributed by atoms with Gasteiger partial charge < -0.3 is 19.1 Å². The average molecular weight is 343 g/mol. The quantitative estimate of drug-likeness (QED) is 0.612. The lowest BCUT2D eigenvalue weighted by Crippen LogP contribution is -2.35. The fraction of sp³-hybridized carbons (Fsp3) is 0.733. The molecule has 1 amide bonds. The molecule has 0 spiro atoms. The van der Waals surface area contributed by atoms with Crippen LogP contribution < -0.4 is 0 Å². The molecular formula is C15H25N3O4S. The summed E-state index contributed by atoms with van der Waals surface area (Å²) in [6.45, 7) is 5.84. The average Bonchev–Trinajstić information content (AvgIpc) is 2.99. The van der Waals surface area contributed by atoms with Gasteiger partial charge >= 0.3 is 0 Å². The number of hydrogen-bond acceptors (Lipinski definition) is 7. The first-order valence-electron chi connectivity index (χ1n) is 7.73. The van der Waals surface area contributed by atoms with E-state index in [0.29, 0.717) is 19.8 Å². The molecule has 1 aliphatic rings. The van der Waals surface area contributed by atoms with Crippen LogP contribution in [0.3, 0.4) is 0 Å². The molecule has 130 valence electrons. The van der Waals surface area contributed by atoms with Crippen LogP contribution >= 0.6 is 11.3 Å². The second-order valence-corrected chi connectivity index (χ2v) is 6.36. The summed E-state index contributed by atoms with van der Waals surface area (Å²) < 4.78 is 15.5. The van der Waals surface area contributed by atoms with Crippen molar-refractivity contribution in [3.05, 3.63) is 16.1 Å². The molecule has 0 radical (unpaired) electrons. The number of ether oxygens (including phenoxy) is 3. The van der Waals surface area contributed by atoms with Crippen molar-refractivity contribution < 1.29 is 19.0 Å². The zero-order valence-electron chi connectivity index (χ0n) is 13.8. The maximum absolute atomic E-state index is 11.9. The number of nitrogens with zero attached hydrogens (tertiary/aromatic N) is 3. The Morgan fingerprint density at radius 1 is 1.43 bits per heavy atom. The highest BCUT2D eigenvalue weighted by molar-refractivity contribution is 7.09. The minimum atomic E-state index is -0.0520. The van der Waals surface area contributed by atoms with E-state index in [-0.39, 0.29) is 12.5 Å². The second kappa shape index (κ2) is 9.94. The van der Waals surface area contributed by atoms with Gasteiger partial charge in [0.1, 0.15) is 11.6 Å². The third kappa shape index (κ3) is 6.52. The Labute approximate surface area is 141 Å². The normalized spacial score (nSPS) is 15.7. The van der Waals surface area contributed by atoms with Gasteiger partial charge in [0.15, 0.2) is 0 Å². The molecular weight excluding hydrogens is 318 g/mol. The van der Waals surface area contributed by atoms with Crippen LogP contribution in [-0.2, 0) is 32.1 Å². The summed E-state index contributed by atoms with van der Waals surface area (Å²) in [5, 5.41) is 3.10. The number of hydrogen-bond donors (Lipinski definition) is 0. The van der Waals surface area contributed by atoms with Gasteiger partial charge in [0.2, 0.25) is 5.91 Å². The van der Waals surface area contributed by atoms with Gasteiger partial charge in [0, 0.05) is 32.6 Å². The second-order valence-electron chi connectivity index (χ2n) is 5.42. The van der Waals surface area contributed by atoms with Crippen molar-refractivity contribution in [2.24, 2.45) is 0 Å². The lowest BCUT2D eigenvalue weighted by Gasteiger charge is -2.25. The van der Waals surface area contributed by atoms with Gasteiger partial charge in [-0.15, -0.1) is 11.3 Å². The Morgan fingerprint density at radius 3 is 2.96 bits per heavy atom. The molecule has 1 aromatic rings. The number of carbonyl (C=O) groups is 1. The molecule has 23 heavy (non-hydrogen) atoms. The molecule has 0 atom stereocenters. The van der Waals surface area contributed by atoms with Crippen LogP contribution in [0.4, 0.5) is 0 Å². The number of rotatable bonds is 9. The highest BCUT2D eigenvalue weighted by atomic mass is 32.1. The maximum atomic E-state index is 11.9. The topological polar surface area (TPSA) is 64.1 Å². The van der Waals surface area contributed by atoms with Gasteiger partial charge in [-0.25, -0.2) is 4.98 Å². The van der Waals surface area contributed by atoms with Crippen LogP contribution in [0, 0.1) is 0 Å². The summed E-state index contributed by atoms with van der Waals surface area (Å²) in [5.41, 5.74) is 0.922. The molecule has 2 heterocycles. The van der Waals surface area contributed by atoms with Crippen molar-refractivity contribution >= 4 is 17.2 Å². The van der Waals surface area contributed by atoms with Crippen molar-refractivity contribution in [2.45, 2.75) is 13.1 Å². The standard InChI is InChI=1S/C15H25N3O4S/c1-17(15(19)11-22-8-7-20-2)9-13-12-23-14(16-13)10-18-3-5-21-6-4-18/h12H,3-11H2,1-2H3. The van der Waals surface area contributed by atoms with Gasteiger partial charge in [0.25, 0.3) is 0 Å². The fourth-order valence-corrected chi connectivity index (χ4v) is 3.01. The van der Waals surface area contributed by atoms with E-state index in [9.17, 15) is 4.79 Å². The van der Waals surface area contributed by atoms with Gasteiger partial charge in [-0.1, -0.05) is 0 Å². The van der Waals surface area contributed by atoms with Gasteiger partial charge in [-0.3, -0.25) is 9.69 Å². The first-order chi connectivity index (χ1) is 11.2. The summed E-state index contributed by atoms with van der Waals surface area (Å²) >= 11 is 1.64. The Bertz CT molecular complexity index is 477. The van der Waals surface area contributed by atoms with E-state index >= 15 is 0 Å². The molecule has 0 bridgehead atoms. The third-order valence-corrected chi connectivity index (χ3v) is 4.43. The number of thiazole rings is 1. The summed E-state index contributed by atoms with van der Waals surface area (Å²) in [6, 6.07) is 0. The van der Waals surface area contributed by atoms with Gasteiger partial charge in [-0.05, 0) is 0 Å². The molecule has 0 aliphatic carbocycles. The number of carbonyl (C=O) groups excluding carboxylic acids is 1. The lowest BCUT2D eigenvalue weighted by molar-refractivity contribution is -0.135. The van der Waals surface area contributed by atoms with E-state index in [0.717, 1.165) is 43.5 Å². The minimum Gasteiger partial charge on any atom is -0.382 e. The van der Waals surface area contributed by atoms with Crippen molar-refractivity contribution in [3.8, 4) is 0 Å². The number of amides is 1. The fourth-order valence-electron chi connectivity index (χ4n) is 2.19. The van der Waals surface area contributed by atoms with E-state index in [1.807, 2.05) is 5.38 Å². The summed E-state index contributed by atoms with van der Waals surface area (Å²) in [4.78, 5) is 20.5. The van der Waals surface area contributed by atoms with Crippen LogP contribution in [0.1, 0.15) is 10.7 Å². The van der Waals surface area contributed by atoms with Crippen molar-refractivity contribution in [1.82, 2.24) is 14.8 Å². The molecule has 8 heteroatoms. The zero-order chi connectivity index (χ0) is 16.5. The Balaban J connectivity index is 1.73. The predicted octanol–water partition coefficient (Wildman–Crippen LogP) is 0.597. The minimum absolute atomic E-state index is 0.0520. The third-order valence-electron chi connectivity index (χ3n) is 3.54. The molecule has 7 nitrogen and oxygen atoms in total. The Kier molecular flexibility index (Phi) is 7.90. The van der Waals surface area contributed by atoms with Crippen LogP contribution in [-0.4, -0.2) is 81.0 Å². The Morgan fingerprint density at radius 2 is 2.22 bits per heavy atom. The maximum Gasteiger partial charge on any atom is 0.248 e. The molecule has 0 saturated carbocycles. The van der Waals surface area contributed by atoms with Crippen LogP contribution in [0.15, 0.2) is 5.38 Å². The smallest absolute Gasteiger partial charge is 0.248 e. The van der Waals surface area contributed by atoms with Gasteiger partial charge in [-0.2, -0.15) is 0 Å². The lowest BCUT2D eigenvalue weighted by atomic mass is 10.4. The Hall–Kier alpha value is -1.06. The van der Waals surface area contributed by atoms with Crippen molar-refractivity contribution in [1.29, 1.82) is 0 Å².